The zero-order valence-electron chi connectivity index (χ0n) is 15.1. The van der Waals surface area contributed by atoms with Gasteiger partial charge in [-0.1, -0.05) is 23.7 Å². The summed E-state index contributed by atoms with van der Waals surface area (Å²) in [5, 5.41) is 10.6. The molecule has 0 radical (unpaired) electrons. The summed E-state index contributed by atoms with van der Waals surface area (Å²) in [4.78, 5) is 29.6. The summed E-state index contributed by atoms with van der Waals surface area (Å²) in [6.45, 7) is -0.0276. The lowest BCUT2D eigenvalue weighted by Gasteiger charge is -2.15. The van der Waals surface area contributed by atoms with Gasteiger partial charge in [0.05, 0.1) is 30.7 Å². The van der Waals surface area contributed by atoms with E-state index in [0.717, 1.165) is 7.11 Å². The van der Waals surface area contributed by atoms with Crippen molar-refractivity contribution < 1.29 is 19.0 Å². The molecule has 0 amide bonds. The van der Waals surface area contributed by atoms with Gasteiger partial charge in [-0.25, -0.2) is 9.18 Å². The maximum absolute atomic E-state index is 14.5. The van der Waals surface area contributed by atoms with Crippen molar-refractivity contribution in [3.05, 3.63) is 92.1 Å². The van der Waals surface area contributed by atoms with Gasteiger partial charge in [-0.2, -0.15) is 0 Å². The van der Waals surface area contributed by atoms with Crippen molar-refractivity contribution in [2.45, 2.75) is 6.54 Å². The number of nitrogens with zero attached hydrogens (tertiary/aromatic N) is 2. The van der Waals surface area contributed by atoms with Crippen molar-refractivity contribution in [2.75, 3.05) is 7.11 Å². The molecule has 0 aliphatic carbocycles. The molecule has 1 aliphatic rings. The molecule has 0 fully saturated rings. The monoisotopic (exact) mass is 412 g/mol. The van der Waals surface area contributed by atoms with Crippen LogP contribution < -0.4 is 5.56 Å². The van der Waals surface area contributed by atoms with Crippen LogP contribution in [0.5, 0.6) is 5.75 Å². The molecule has 1 aromatic heterocycles. The molecule has 4 rings (SSSR count). The van der Waals surface area contributed by atoms with E-state index in [-0.39, 0.29) is 12.1 Å². The summed E-state index contributed by atoms with van der Waals surface area (Å²) in [6.07, 6.45) is 0. The zero-order valence-corrected chi connectivity index (χ0v) is 15.9. The number of carbonyl (C=O) groups is 1. The van der Waals surface area contributed by atoms with Crippen LogP contribution in [-0.2, 0) is 11.3 Å². The summed E-state index contributed by atoms with van der Waals surface area (Å²) in [5.41, 5.74) is 0.406. The number of rotatable bonds is 2. The van der Waals surface area contributed by atoms with Gasteiger partial charge >= 0.3 is 5.97 Å². The molecule has 6 nitrogen and oxygen atoms in total. The summed E-state index contributed by atoms with van der Waals surface area (Å²) in [7, 11) is 1.12. The number of aliphatic imine (C=N–C) groups is 1. The highest BCUT2D eigenvalue weighted by atomic mass is 35.5. The lowest BCUT2D eigenvalue weighted by atomic mass is 10.00. The second kappa shape index (κ2) is 7.18. The average Bonchev–Trinajstić information content (AvgIpc) is 2.85. The molecule has 1 aliphatic heterocycles. The van der Waals surface area contributed by atoms with Crippen molar-refractivity contribution >= 4 is 23.3 Å². The molecule has 1 N–H and O–H groups in total. The van der Waals surface area contributed by atoms with E-state index >= 15 is 0 Å². The first-order valence-corrected chi connectivity index (χ1v) is 8.96. The molecular formula is C21H14ClFN2O4. The van der Waals surface area contributed by atoms with Gasteiger partial charge < -0.3 is 9.84 Å². The summed E-state index contributed by atoms with van der Waals surface area (Å²) < 4.78 is 20.4. The van der Waals surface area contributed by atoms with Crippen LogP contribution in [0.3, 0.4) is 0 Å². The minimum Gasteiger partial charge on any atom is -0.507 e. The van der Waals surface area contributed by atoms with Gasteiger partial charge in [-0.3, -0.25) is 14.4 Å². The van der Waals surface area contributed by atoms with Gasteiger partial charge in [0.1, 0.15) is 11.6 Å². The number of benzene rings is 2. The predicted octanol–water partition coefficient (Wildman–Crippen LogP) is 3.47. The highest BCUT2D eigenvalue weighted by molar-refractivity contribution is 6.31. The highest BCUT2D eigenvalue weighted by Gasteiger charge is 2.27. The van der Waals surface area contributed by atoms with E-state index in [1.807, 2.05) is 0 Å². The molecule has 0 saturated heterocycles. The number of carbonyl (C=O) groups excluding carboxylic acids is 1. The topological polar surface area (TPSA) is 80.9 Å². The molecule has 0 spiro atoms. The number of ether oxygens (including phenoxy) is 1. The van der Waals surface area contributed by atoms with E-state index < -0.39 is 28.7 Å². The van der Waals surface area contributed by atoms with Crippen molar-refractivity contribution in [1.29, 1.82) is 0 Å². The van der Waals surface area contributed by atoms with Crippen LogP contribution in [0, 0.1) is 5.82 Å². The third-order valence-corrected chi connectivity index (χ3v) is 4.87. The van der Waals surface area contributed by atoms with E-state index in [4.69, 9.17) is 11.6 Å². The van der Waals surface area contributed by atoms with Gasteiger partial charge in [0.2, 0.25) is 0 Å². The summed E-state index contributed by atoms with van der Waals surface area (Å²) >= 11 is 6.17. The molecule has 146 valence electrons. The van der Waals surface area contributed by atoms with E-state index in [1.54, 1.807) is 36.4 Å². The quantitative estimate of drug-likeness (QED) is 0.653. The SMILES string of the molecule is COC(=O)c1c(O)cc2n(c1=O)-c1ccc(Cl)cc1C(c1ccccc1F)=NC2. The molecule has 0 unspecified atom stereocenters. The number of aromatic nitrogens is 1. The Bertz CT molecular complexity index is 1250. The maximum atomic E-state index is 14.5. The van der Waals surface area contributed by atoms with E-state index in [0.29, 0.717) is 27.7 Å². The van der Waals surface area contributed by atoms with E-state index in [1.165, 1.54) is 16.7 Å². The number of fused-ring (bicyclic) bond motifs is 3. The number of hydrogen-bond donors (Lipinski definition) is 1. The summed E-state index contributed by atoms with van der Waals surface area (Å²) in [5.74, 6) is -1.94. The first-order valence-electron chi connectivity index (χ1n) is 8.58. The molecular weight excluding hydrogens is 399 g/mol. The van der Waals surface area contributed by atoms with Gasteiger partial charge in [-0.15, -0.1) is 0 Å². The minimum absolute atomic E-state index is 0.0276. The second-order valence-corrected chi connectivity index (χ2v) is 6.77. The predicted molar refractivity (Wildman–Crippen MR) is 106 cm³/mol. The fraction of sp³-hybridized carbons (Fsp3) is 0.0952. The van der Waals surface area contributed by atoms with Crippen LogP contribution in [0.1, 0.15) is 27.2 Å². The third kappa shape index (κ3) is 3.09. The minimum atomic E-state index is -0.960. The fourth-order valence-electron chi connectivity index (χ4n) is 3.34. The highest BCUT2D eigenvalue weighted by Crippen LogP contribution is 2.29. The van der Waals surface area contributed by atoms with Crippen LogP contribution in [0.2, 0.25) is 5.02 Å². The van der Waals surface area contributed by atoms with Crippen molar-refractivity contribution in [3.8, 4) is 11.4 Å². The molecule has 2 aromatic carbocycles. The third-order valence-electron chi connectivity index (χ3n) is 4.64. The number of halogens is 2. The number of esters is 1. The van der Waals surface area contributed by atoms with Gasteiger partial charge in [0, 0.05) is 22.2 Å². The Balaban J connectivity index is 2.06. The lowest BCUT2D eigenvalue weighted by Crippen LogP contribution is -2.28. The van der Waals surface area contributed by atoms with Gasteiger partial charge in [-0.05, 0) is 30.3 Å². The van der Waals surface area contributed by atoms with E-state index in [9.17, 15) is 19.1 Å². The molecule has 0 saturated carbocycles. The molecule has 2 heterocycles. The van der Waals surface area contributed by atoms with Crippen LogP contribution in [0.25, 0.3) is 5.69 Å². The average molecular weight is 413 g/mol. The summed E-state index contributed by atoms with van der Waals surface area (Å²) in [6, 6.07) is 12.1. The number of aromatic hydroxyl groups is 1. The van der Waals surface area contributed by atoms with Crippen molar-refractivity contribution in [2.24, 2.45) is 4.99 Å². The first kappa shape index (κ1) is 18.9. The smallest absolute Gasteiger partial charge is 0.347 e. The van der Waals surface area contributed by atoms with Crippen molar-refractivity contribution in [3.63, 3.8) is 0 Å². The number of hydrogen-bond acceptors (Lipinski definition) is 5. The number of pyridine rings is 1. The van der Waals surface area contributed by atoms with Gasteiger partial charge in [0.25, 0.3) is 5.56 Å². The Morgan fingerprint density at radius 1 is 1.21 bits per heavy atom. The standard InChI is InChI=1S/C21H14ClFN2O4/c1-29-21(28)18-17(26)9-12-10-24-19(13-4-2-3-5-15(13)23)14-8-11(22)6-7-16(14)25(12)20(18)27/h2-9,26H,10H2,1H3. The molecule has 0 bridgehead atoms. The fourth-order valence-corrected chi connectivity index (χ4v) is 3.51. The Hall–Kier alpha value is -3.45. The molecule has 8 heteroatoms. The maximum Gasteiger partial charge on any atom is 0.347 e. The van der Waals surface area contributed by atoms with Crippen LogP contribution in [0.15, 0.2) is 58.3 Å². The Morgan fingerprint density at radius 2 is 1.97 bits per heavy atom. The Morgan fingerprint density at radius 3 is 2.69 bits per heavy atom. The Labute approximate surface area is 169 Å². The van der Waals surface area contributed by atoms with Crippen LogP contribution >= 0.6 is 11.6 Å². The zero-order chi connectivity index (χ0) is 20.7. The van der Waals surface area contributed by atoms with Crippen molar-refractivity contribution in [1.82, 2.24) is 4.57 Å². The largest absolute Gasteiger partial charge is 0.507 e. The van der Waals surface area contributed by atoms with Crippen LogP contribution in [-0.4, -0.2) is 28.5 Å². The molecule has 0 atom stereocenters. The molecule has 29 heavy (non-hydrogen) atoms. The number of methoxy groups -OCH3 is 1. The first-order chi connectivity index (χ1) is 13.9. The van der Waals surface area contributed by atoms with E-state index in [2.05, 4.69) is 9.73 Å². The normalized spacial score (nSPS) is 12.4. The Kier molecular flexibility index (Phi) is 4.68. The van der Waals surface area contributed by atoms with Crippen LogP contribution in [0.4, 0.5) is 4.39 Å². The lowest BCUT2D eigenvalue weighted by molar-refractivity contribution is 0.0595. The molecule has 3 aromatic rings. The van der Waals surface area contributed by atoms with Gasteiger partial charge in [0.15, 0.2) is 5.56 Å². The second-order valence-electron chi connectivity index (χ2n) is 6.33.